The highest BCUT2D eigenvalue weighted by Gasteiger charge is 2.33. The van der Waals surface area contributed by atoms with Gasteiger partial charge in [-0.2, -0.15) is 5.10 Å². The van der Waals surface area contributed by atoms with E-state index in [1.165, 1.54) is 45.3 Å². The van der Waals surface area contributed by atoms with Crippen molar-refractivity contribution < 1.29 is 36.3 Å². The first-order chi connectivity index (χ1) is 30.1. The third-order valence-corrected chi connectivity index (χ3v) is 13.3. The molecule has 0 unspecified atom stereocenters. The van der Waals surface area contributed by atoms with Crippen LogP contribution in [0.5, 0.6) is 0 Å². The van der Waals surface area contributed by atoms with Crippen molar-refractivity contribution in [3.05, 3.63) is 121 Å². The number of aromatic nitrogens is 4. The minimum atomic E-state index is -4.19. The molecule has 2 fully saturated rings. The van der Waals surface area contributed by atoms with Crippen LogP contribution < -0.4 is 20.5 Å². The Kier molecular flexibility index (Phi) is 12.4. The van der Waals surface area contributed by atoms with Crippen molar-refractivity contribution >= 4 is 82.8 Å². The summed E-state index contributed by atoms with van der Waals surface area (Å²) in [5.41, 5.74) is 1.02. The fraction of sp³-hybridized carbons (Fsp3) is 0.286. The molecule has 2 aromatic heterocycles. The number of morpholine rings is 1. The van der Waals surface area contributed by atoms with Gasteiger partial charge in [0, 0.05) is 55.9 Å². The van der Waals surface area contributed by atoms with E-state index in [0.717, 1.165) is 17.8 Å². The predicted octanol–water partition coefficient (Wildman–Crippen LogP) is 4.10. The van der Waals surface area contributed by atoms with E-state index >= 15 is 4.79 Å². The number of nitrogens with one attached hydrogen (secondary N) is 2. The summed E-state index contributed by atoms with van der Waals surface area (Å²) in [4.78, 5) is 65.7. The Morgan fingerprint density at radius 1 is 0.968 bits per heavy atom. The molecule has 0 bridgehead atoms. The Labute approximate surface area is 372 Å². The van der Waals surface area contributed by atoms with Crippen molar-refractivity contribution in [2.75, 3.05) is 64.4 Å². The Hall–Kier alpha value is -5.80. The Morgan fingerprint density at radius 2 is 1.70 bits per heavy atom. The zero-order valence-electron chi connectivity index (χ0n) is 33.8. The molecule has 3 amide bonds. The molecule has 21 heteroatoms. The van der Waals surface area contributed by atoms with E-state index in [-0.39, 0.29) is 75.9 Å². The van der Waals surface area contributed by atoms with E-state index < -0.39 is 56.6 Å². The summed E-state index contributed by atoms with van der Waals surface area (Å²) in [6.07, 6.45) is -0.300. The summed E-state index contributed by atoms with van der Waals surface area (Å²) in [6.45, 7) is 1.50. The number of piperazine rings is 1. The van der Waals surface area contributed by atoms with E-state index in [2.05, 4.69) is 36.0 Å². The number of hydrogen-bond acceptors (Lipinski definition) is 10. The number of aryl methyl sites for hydroxylation is 1. The average molecular weight is 967 g/mol. The first kappa shape index (κ1) is 43.8. The summed E-state index contributed by atoms with van der Waals surface area (Å²) in [6, 6.07) is 16.4. The Balaban J connectivity index is 1.24. The molecule has 4 aromatic carbocycles. The highest BCUT2D eigenvalue weighted by molar-refractivity contribution is 9.10. The van der Waals surface area contributed by atoms with E-state index in [1.807, 2.05) is 0 Å². The highest BCUT2D eigenvalue weighted by Crippen LogP contribution is 2.35. The number of rotatable bonds is 11. The minimum Gasteiger partial charge on any atom is -0.378 e. The molecule has 328 valence electrons. The van der Waals surface area contributed by atoms with Crippen LogP contribution in [-0.2, 0) is 37.8 Å². The summed E-state index contributed by atoms with van der Waals surface area (Å²) < 4.78 is 66.8. The lowest BCUT2D eigenvalue weighted by Crippen LogP contribution is -2.54. The summed E-state index contributed by atoms with van der Waals surface area (Å²) in [5, 5.41) is 6.91. The van der Waals surface area contributed by atoms with E-state index in [0.29, 0.717) is 42.4 Å². The maximum Gasteiger partial charge on any atom is 0.266 e. The van der Waals surface area contributed by atoms with Gasteiger partial charge >= 0.3 is 0 Å². The summed E-state index contributed by atoms with van der Waals surface area (Å²) in [5.74, 6) is -3.43. The van der Waals surface area contributed by atoms with Gasteiger partial charge in [0.15, 0.2) is 0 Å². The lowest BCUT2D eigenvalue weighted by molar-refractivity contribution is -0.139. The van der Waals surface area contributed by atoms with Crippen LogP contribution in [0.2, 0.25) is 5.02 Å². The molecular weight excluding hydrogens is 928 g/mol. The monoisotopic (exact) mass is 965 g/mol. The second-order valence-electron chi connectivity index (χ2n) is 15.0. The number of carbonyl (C=O) groups excluding carboxylic acids is 3. The maximum absolute atomic E-state index is 15.0. The number of anilines is 1. The van der Waals surface area contributed by atoms with Crippen LogP contribution in [0.4, 0.5) is 14.5 Å². The first-order valence-corrected chi connectivity index (χ1v) is 22.3. The number of hydrogen-bond donors (Lipinski definition) is 2. The van der Waals surface area contributed by atoms with Crippen LogP contribution in [-0.4, -0.2) is 115 Å². The molecule has 2 aliphatic rings. The largest absolute Gasteiger partial charge is 0.378 e. The fourth-order valence-corrected chi connectivity index (χ4v) is 9.55. The lowest BCUT2D eigenvalue weighted by Gasteiger charge is -2.34. The van der Waals surface area contributed by atoms with Gasteiger partial charge in [0.05, 0.1) is 63.9 Å². The molecule has 0 aliphatic carbocycles. The zero-order valence-corrected chi connectivity index (χ0v) is 36.9. The van der Waals surface area contributed by atoms with Crippen molar-refractivity contribution in [3.8, 4) is 5.69 Å². The molecule has 0 radical (unpaired) electrons. The zero-order chi connectivity index (χ0) is 44.7. The van der Waals surface area contributed by atoms with Gasteiger partial charge in [-0.3, -0.25) is 28.4 Å². The topological polar surface area (TPSA) is 181 Å². The number of benzene rings is 4. The quantitative estimate of drug-likeness (QED) is 0.192. The smallest absolute Gasteiger partial charge is 0.266 e. The Bertz CT molecular complexity index is 2980. The van der Waals surface area contributed by atoms with Gasteiger partial charge in [-0.15, -0.1) is 0 Å². The number of fused-ring (bicyclic) bond motifs is 2. The molecule has 2 saturated heterocycles. The van der Waals surface area contributed by atoms with Crippen molar-refractivity contribution in [2.45, 2.75) is 17.5 Å². The highest BCUT2D eigenvalue weighted by atomic mass is 79.9. The molecule has 1 atom stereocenters. The number of carbonyl (C=O) groups is 3. The fourth-order valence-electron chi connectivity index (χ4n) is 7.90. The standard InChI is InChI=1S/C42H39BrClF2N9O7S/c1-47-63(60,61)40-37-31(44)9-10-34(38(37)51(2)50-40)55-39(49-32-21-27(7-8-29(32)42(55)59)52-13-15-62-16-14-52)33(19-24-17-25(45)20-26(46)18-24)48-35(56)22-53-11-12-54(23-36(53)57)41(58)28-5-3-4-6-30(28)43/h3-10,17-18,20-21,33,47H,11-16,19,22-23H2,1-2H3,(H,48,56)/t33-/m0/s1. The van der Waals surface area contributed by atoms with Crippen LogP contribution in [0, 0.1) is 11.6 Å². The normalized spacial score (nSPS) is 15.3. The molecule has 4 heterocycles. The summed E-state index contributed by atoms with van der Waals surface area (Å²) in [7, 11) is -1.50. The van der Waals surface area contributed by atoms with Crippen molar-refractivity contribution in [3.63, 3.8) is 0 Å². The van der Waals surface area contributed by atoms with Crippen LogP contribution in [0.15, 0.2) is 87.1 Å². The number of sulfonamides is 1. The molecule has 2 N–H and O–H groups in total. The number of nitrogens with zero attached hydrogens (tertiary/aromatic N) is 7. The molecular formula is C42H39BrClF2N9O7S. The summed E-state index contributed by atoms with van der Waals surface area (Å²) >= 11 is 10.0. The van der Waals surface area contributed by atoms with E-state index in [4.69, 9.17) is 21.3 Å². The van der Waals surface area contributed by atoms with Gasteiger partial charge < -0.3 is 24.8 Å². The van der Waals surface area contributed by atoms with Gasteiger partial charge in [-0.25, -0.2) is 26.9 Å². The van der Waals surface area contributed by atoms with E-state index in [9.17, 15) is 31.6 Å². The van der Waals surface area contributed by atoms with Crippen LogP contribution in [0.3, 0.4) is 0 Å². The van der Waals surface area contributed by atoms with Crippen molar-refractivity contribution in [1.29, 1.82) is 0 Å². The molecule has 63 heavy (non-hydrogen) atoms. The van der Waals surface area contributed by atoms with Gasteiger partial charge in [-0.1, -0.05) is 23.7 Å². The lowest BCUT2D eigenvalue weighted by atomic mass is 10.0. The SMILES string of the molecule is CNS(=O)(=O)c1nn(C)c2c(-n3c([C@H](Cc4cc(F)cc(F)c4)NC(=O)CN4CCN(C(=O)c5ccccc5Br)CC4=O)nc4cc(N5CCOCC5)ccc4c3=O)ccc(Cl)c12. The van der Waals surface area contributed by atoms with Crippen LogP contribution >= 0.6 is 27.5 Å². The molecule has 16 nitrogen and oxygen atoms in total. The van der Waals surface area contributed by atoms with Gasteiger partial charge in [0.2, 0.25) is 16.8 Å². The van der Waals surface area contributed by atoms with Crippen LogP contribution in [0.25, 0.3) is 27.5 Å². The van der Waals surface area contributed by atoms with Gasteiger partial charge in [-0.05, 0) is 83.1 Å². The third kappa shape index (κ3) is 8.77. The Morgan fingerprint density at radius 3 is 2.40 bits per heavy atom. The van der Waals surface area contributed by atoms with Crippen molar-refractivity contribution in [1.82, 2.24) is 39.2 Å². The molecule has 6 aromatic rings. The molecule has 0 spiro atoms. The number of amides is 3. The molecule has 0 saturated carbocycles. The van der Waals surface area contributed by atoms with Crippen LogP contribution in [0.1, 0.15) is 27.8 Å². The molecule has 2 aliphatic heterocycles. The first-order valence-electron chi connectivity index (χ1n) is 19.7. The van der Waals surface area contributed by atoms with Crippen molar-refractivity contribution in [2.24, 2.45) is 7.05 Å². The minimum absolute atomic E-state index is 0.00447. The molecule has 8 rings (SSSR count). The average Bonchev–Trinajstić information content (AvgIpc) is 3.63. The number of ether oxygens (including phenoxy) is 1. The van der Waals surface area contributed by atoms with E-state index in [1.54, 1.807) is 42.5 Å². The van der Waals surface area contributed by atoms with Gasteiger partial charge in [0.1, 0.15) is 24.0 Å². The van der Waals surface area contributed by atoms with Gasteiger partial charge in [0.25, 0.3) is 21.5 Å². The third-order valence-electron chi connectivity index (χ3n) is 11.0. The second-order valence-corrected chi connectivity index (χ2v) is 18.0. The maximum atomic E-state index is 15.0. The second kappa shape index (κ2) is 17.8. The predicted molar refractivity (Wildman–Crippen MR) is 233 cm³/mol. The number of halogens is 4.